The molecule has 4 rings (SSSR count). The number of anilines is 2. The summed E-state index contributed by atoms with van der Waals surface area (Å²) in [6, 6.07) is 7.94. The van der Waals surface area contributed by atoms with Gasteiger partial charge in [0.05, 0.1) is 6.61 Å². The Morgan fingerprint density at radius 1 is 1.03 bits per heavy atom. The minimum atomic E-state index is -0.297. The fraction of sp³-hybridized carbons (Fsp3) is 0.522. The van der Waals surface area contributed by atoms with Crippen molar-refractivity contribution in [2.24, 2.45) is 7.05 Å². The minimum absolute atomic E-state index is 0.235. The summed E-state index contributed by atoms with van der Waals surface area (Å²) in [6.45, 7) is 6.65. The van der Waals surface area contributed by atoms with Crippen molar-refractivity contribution in [1.82, 2.24) is 18.7 Å². The Balaban J connectivity index is 1.84. The smallest absolute Gasteiger partial charge is 0.332 e. The topological polar surface area (TPSA) is 74.3 Å². The first-order valence-corrected chi connectivity index (χ1v) is 11.3. The maximum atomic E-state index is 13.4. The van der Waals surface area contributed by atoms with Crippen LogP contribution in [0.15, 0.2) is 33.9 Å². The maximum Gasteiger partial charge on any atom is 0.332 e. The Labute approximate surface area is 181 Å². The molecule has 0 amide bonds. The summed E-state index contributed by atoms with van der Waals surface area (Å²) < 4.78 is 10.5. The molecular weight excluding hydrogens is 394 g/mol. The van der Waals surface area contributed by atoms with Crippen LogP contribution in [0, 0.1) is 0 Å². The Morgan fingerprint density at radius 3 is 2.48 bits per heavy atom. The van der Waals surface area contributed by atoms with Crippen LogP contribution < -0.4 is 20.9 Å². The number of unbranched alkanes of at least 4 members (excludes halogenated alkanes) is 2. The molecule has 0 spiro atoms. The third-order valence-electron chi connectivity index (χ3n) is 5.91. The van der Waals surface area contributed by atoms with Gasteiger partial charge < -0.3 is 14.2 Å². The van der Waals surface area contributed by atoms with E-state index in [2.05, 4.69) is 11.8 Å². The van der Waals surface area contributed by atoms with Crippen LogP contribution in [0.4, 0.5) is 11.6 Å². The van der Waals surface area contributed by atoms with Gasteiger partial charge >= 0.3 is 5.69 Å². The van der Waals surface area contributed by atoms with Gasteiger partial charge in [0, 0.05) is 32.4 Å². The molecule has 1 aliphatic heterocycles. The van der Waals surface area contributed by atoms with E-state index in [0.29, 0.717) is 30.9 Å². The lowest BCUT2D eigenvalue weighted by atomic mass is 10.2. The molecule has 2 aromatic heterocycles. The van der Waals surface area contributed by atoms with Gasteiger partial charge in [-0.15, -0.1) is 0 Å². The lowest BCUT2D eigenvalue weighted by molar-refractivity contribution is 0.340. The molecule has 166 valence electrons. The quantitative estimate of drug-likeness (QED) is 0.542. The predicted molar refractivity (Wildman–Crippen MR) is 123 cm³/mol. The predicted octanol–water partition coefficient (Wildman–Crippen LogP) is 3.42. The van der Waals surface area contributed by atoms with Crippen molar-refractivity contribution in [2.45, 2.75) is 59.0 Å². The summed E-state index contributed by atoms with van der Waals surface area (Å²) in [4.78, 5) is 33.2. The van der Waals surface area contributed by atoms with Gasteiger partial charge in [0.1, 0.15) is 5.75 Å². The Kier molecular flexibility index (Phi) is 6.15. The van der Waals surface area contributed by atoms with Crippen molar-refractivity contribution < 1.29 is 4.74 Å². The standard InChI is InChI=1S/C23H31N5O3/c1-4-6-7-16-28-21(29)19-20(25(3)23(28)30)24-22-26(14-8-9-15-27(19)22)17-10-12-18(13-11-17)31-5-2/h10-13H,4-9,14-16H2,1-3H3. The summed E-state index contributed by atoms with van der Waals surface area (Å²) >= 11 is 0. The van der Waals surface area contributed by atoms with E-state index in [1.54, 1.807) is 7.05 Å². The Bertz CT molecular complexity index is 1170. The zero-order valence-corrected chi connectivity index (χ0v) is 18.6. The molecule has 0 saturated heterocycles. The number of hydrogen-bond acceptors (Lipinski definition) is 5. The second kappa shape index (κ2) is 8.99. The summed E-state index contributed by atoms with van der Waals surface area (Å²) in [6.07, 6.45) is 4.79. The number of imidazole rings is 1. The molecule has 0 saturated carbocycles. The SMILES string of the molecule is CCCCCn1c(=O)c2c(nc3n2CCCCN3c2ccc(OCC)cc2)n(C)c1=O. The van der Waals surface area contributed by atoms with Crippen molar-refractivity contribution in [3.05, 3.63) is 45.1 Å². The number of fused-ring (bicyclic) bond motifs is 3. The van der Waals surface area contributed by atoms with Crippen LogP contribution >= 0.6 is 0 Å². The van der Waals surface area contributed by atoms with Crippen molar-refractivity contribution >= 4 is 22.8 Å². The normalized spacial score (nSPS) is 14.0. The monoisotopic (exact) mass is 425 g/mol. The van der Waals surface area contributed by atoms with E-state index in [-0.39, 0.29) is 11.2 Å². The molecule has 0 bridgehead atoms. The van der Waals surface area contributed by atoms with E-state index < -0.39 is 0 Å². The van der Waals surface area contributed by atoms with Gasteiger partial charge in [-0.05, 0) is 50.5 Å². The van der Waals surface area contributed by atoms with E-state index in [0.717, 1.165) is 56.0 Å². The van der Waals surface area contributed by atoms with E-state index in [9.17, 15) is 9.59 Å². The molecule has 0 fully saturated rings. The third-order valence-corrected chi connectivity index (χ3v) is 5.91. The molecule has 3 heterocycles. The van der Waals surface area contributed by atoms with Crippen molar-refractivity contribution in [3.8, 4) is 5.75 Å². The first-order chi connectivity index (χ1) is 15.1. The highest BCUT2D eigenvalue weighted by Gasteiger charge is 2.25. The number of benzene rings is 1. The number of nitrogens with zero attached hydrogens (tertiary/aromatic N) is 5. The summed E-state index contributed by atoms with van der Waals surface area (Å²) in [5.41, 5.74) is 1.44. The number of rotatable bonds is 7. The van der Waals surface area contributed by atoms with E-state index in [4.69, 9.17) is 9.72 Å². The fourth-order valence-corrected chi connectivity index (χ4v) is 4.27. The molecule has 0 aliphatic carbocycles. The van der Waals surface area contributed by atoms with Crippen LogP contribution in [0.1, 0.15) is 46.0 Å². The van der Waals surface area contributed by atoms with Gasteiger partial charge in [0.2, 0.25) is 5.95 Å². The van der Waals surface area contributed by atoms with Crippen LogP contribution in [0.25, 0.3) is 11.2 Å². The van der Waals surface area contributed by atoms with Crippen LogP contribution in [0.3, 0.4) is 0 Å². The molecular formula is C23H31N5O3. The zero-order chi connectivity index (χ0) is 22.0. The van der Waals surface area contributed by atoms with Crippen molar-refractivity contribution in [1.29, 1.82) is 0 Å². The minimum Gasteiger partial charge on any atom is -0.494 e. The molecule has 0 N–H and O–H groups in total. The number of aryl methyl sites for hydroxylation is 2. The summed E-state index contributed by atoms with van der Waals surface area (Å²) in [5.74, 6) is 1.54. The van der Waals surface area contributed by atoms with Crippen LogP contribution in [0.5, 0.6) is 5.75 Å². The molecule has 0 unspecified atom stereocenters. The molecule has 8 nitrogen and oxygen atoms in total. The van der Waals surface area contributed by atoms with Crippen LogP contribution in [0.2, 0.25) is 0 Å². The zero-order valence-electron chi connectivity index (χ0n) is 18.6. The van der Waals surface area contributed by atoms with Gasteiger partial charge in [-0.2, -0.15) is 4.98 Å². The third kappa shape index (κ3) is 3.86. The van der Waals surface area contributed by atoms with Crippen molar-refractivity contribution in [3.63, 3.8) is 0 Å². The lowest BCUT2D eigenvalue weighted by Crippen LogP contribution is -2.39. The number of aromatic nitrogens is 4. The second-order valence-corrected chi connectivity index (χ2v) is 8.03. The Morgan fingerprint density at radius 2 is 1.77 bits per heavy atom. The summed E-state index contributed by atoms with van der Waals surface area (Å²) in [7, 11) is 1.70. The molecule has 3 aromatic rings. The van der Waals surface area contributed by atoms with Crippen LogP contribution in [-0.2, 0) is 20.1 Å². The van der Waals surface area contributed by atoms with Crippen LogP contribution in [-0.4, -0.2) is 31.8 Å². The first-order valence-electron chi connectivity index (χ1n) is 11.3. The molecule has 31 heavy (non-hydrogen) atoms. The lowest BCUT2D eigenvalue weighted by Gasteiger charge is -2.22. The highest BCUT2D eigenvalue weighted by atomic mass is 16.5. The Hall–Kier alpha value is -3.03. The van der Waals surface area contributed by atoms with Crippen molar-refractivity contribution in [2.75, 3.05) is 18.1 Å². The van der Waals surface area contributed by atoms with Gasteiger partial charge in [0.15, 0.2) is 11.2 Å². The molecule has 1 aliphatic rings. The van der Waals surface area contributed by atoms with Gasteiger partial charge in [0.25, 0.3) is 5.56 Å². The first kappa shape index (κ1) is 21.2. The number of hydrogen-bond donors (Lipinski definition) is 0. The number of ether oxygens (including phenoxy) is 1. The average molecular weight is 426 g/mol. The molecule has 0 atom stereocenters. The van der Waals surface area contributed by atoms with Gasteiger partial charge in [-0.25, -0.2) is 4.79 Å². The van der Waals surface area contributed by atoms with Gasteiger partial charge in [-0.3, -0.25) is 13.9 Å². The van der Waals surface area contributed by atoms with E-state index in [1.165, 1.54) is 9.13 Å². The molecule has 8 heteroatoms. The average Bonchev–Trinajstić information content (AvgIpc) is 3.03. The van der Waals surface area contributed by atoms with Gasteiger partial charge in [-0.1, -0.05) is 19.8 Å². The second-order valence-electron chi connectivity index (χ2n) is 8.03. The maximum absolute atomic E-state index is 13.4. The largest absolute Gasteiger partial charge is 0.494 e. The highest BCUT2D eigenvalue weighted by Crippen LogP contribution is 2.31. The fourth-order valence-electron chi connectivity index (χ4n) is 4.27. The summed E-state index contributed by atoms with van der Waals surface area (Å²) in [5, 5.41) is 0. The molecule has 1 aromatic carbocycles. The molecule has 0 radical (unpaired) electrons. The van der Waals surface area contributed by atoms with E-state index in [1.807, 2.05) is 35.8 Å². The van der Waals surface area contributed by atoms with E-state index >= 15 is 0 Å². The highest BCUT2D eigenvalue weighted by molar-refractivity contribution is 5.76.